The summed E-state index contributed by atoms with van der Waals surface area (Å²) in [5, 5.41) is 5.41. The Balaban J connectivity index is 2.00. The summed E-state index contributed by atoms with van der Waals surface area (Å²) in [6.45, 7) is 2.85. The van der Waals surface area contributed by atoms with E-state index < -0.39 is 0 Å². The van der Waals surface area contributed by atoms with Gasteiger partial charge in [-0.25, -0.2) is 4.98 Å². The average Bonchev–Trinajstić information content (AvgIpc) is 3.05. The van der Waals surface area contributed by atoms with Gasteiger partial charge in [-0.3, -0.25) is 4.68 Å². The number of para-hydroxylation sites is 1. The van der Waals surface area contributed by atoms with Gasteiger partial charge in [-0.05, 0) is 24.5 Å². The van der Waals surface area contributed by atoms with Crippen LogP contribution in [0.4, 0.5) is 0 Å². The topological polar surface area (TPSA) is 61.7 Å². The number of fused-ring (bicyclic) bond motifs is 1. The molecule has 0 amide bonds. The molecule has 0 saturated heterocycles. The van der Waals surface area contributed by atoms with Crippen molar-refractivity contribution in [1.82, 2.24) is 19.3 Å². The van der Waals surface area contributed by atoms with Crippen LogP contribution in [0.25, 0.3) is 10.9 Å². The molecule has 21 heavy (non-hydrogen) atoms. The smallest absolute Gasteiger partial charge is 0.146 e. The molecule has 1 atom stereocenters. The summed E-state index contributed by atoms with van der Waals surface area (Å²) < 4.78 is 4.04. The number of hydrogen-bond acceptors (Lipinski definition) is 3. The monoisotopic (exact) mass is 283 g/mol. The summed E-state index contributed by atoms with van der Waals surface area (Å²) in [5.74, 6) is 0.946. The molecular weight excluding hydrogens is 262 g/mol. The maximum atomic E-state index is 6.13. The Hall–Kier alpha value is -2.14. The average molecular weight is 283 g/mol. The minimum Gasteiger partial charge on any atom is -0.340 e. The Kier molecular flexibility index (Phi) is 3.75. The van der Waals surface area contributed by atoms with E-state index in [1.54, 1.807) is 6.33 Å². The first-order chi connectivity index (χ1) is 10.2. The van der Waals surface area contributed by atoms with Crippen LogP contribution < -0.4 is 5.73 Å². The Morgan fingerprint density at radius 3 is 2.81 bits per heavy atom. The van der Waals surface area contributed by atoms with Crippen molar-refractivity contribution in [3.8, 4) is 0 Å². The maximum absolute atomic E-state index is 6.13. The summed E-state index contributed by atoms with van der Waals surface area (Å²) in [5.41, 5.74) is 8.66. The van der Waals surface area contributed by atoms with E-state index in [0.717, 1.165) is 25.2 Å². The van der Waals surface area contributed by atoms with Gasteiger partial charge in [0, 0.05) is 30.2 Å². The molecule has 1 aromatic carbocycles. The van der Waals surface area contributed by atoms with Crippen LogP contribution in [-0.2, 0) is 20.0 Å². The molecule has 3 aromatic rings. The second-order valence-electron chi connectivity index (χ2n) is 5.47. The van der Waals surface area contributed by atoms with E-state index in [2.05, 4.69) is 52.0 Å². The third-order valence-corrected chi connectivity index (χ3v) is 3.99. The van der Waals surface area contributed by atoms with Crippen LogP contribution in [0.5, 0.6) is 0 Å². The van der Waals surface area contributed by atoms with Gasteiger partial charge in [0.05, 0.1) is 6.54 Å². The zero-order valence-electron chi connectivity index (χ0n) is 12.5. The molecule has 110 valence electrons. The Morgan fingerprint density at radius 2 is 2.10 bits per heavy atom. The molecular formula is C16H21N5. The second-order valence-corrected chi connectivity index (χ2v) is 5.47. The van der Waals surface area contributed by atoms with E-state index in [-0.39, 0.29) is 6.04 Å². The number of aromatic nitrogens is 4. The molecule has 0 spiro atoms. The highest BCUT2D eigenvalue weighted by atomic mass is 15.3. The second kappa shape index (κ2) is 5.69. The van der Waals surface area contributed by atoms with Gasteiger partial charge in [0.2, 0.25) is 0 Å². The Morgan fingerprint density at radius 1 is 1.29 bits per heavy atom. The van der Waals surface area contributed by atoms with Crippen molar-refractivity contribution in [2.75, 3.05) is 0 Å². The largest absolute Gasteiger partial charge is 0.340 e. The van der Waals surface area contributed by atoms with Crippen LogP contribution in [-0.4, -0.2) is 25.4 Å². The quantitative estimate of drug-likeness (QED) is 0.780. The van der Waals surface area contributed by atoms with Crippen LogP contribution in [0.1, 0.15) is 24.7 Å². The molecule has 5 heteroatoms. The Bertz CT molecular complexity index is 740. The summed E-state index contributed by atoms with van der Waals surface area (Å²) in [6.07, 6.45) is 5.69. The maximum Gasteiger partial charge on any atom is 0.146 e. The molecule has 0 aliphatic rings. The highest BCUT2D eigenvalue weighted by molar-refractivity contribution is 5.84. The summed E-state index contributed by atoms with van der Waals surface area (Å²) in [4.78, 5) is 4.31. The fraction of sp³-hybridized carbons (Fsp3) is 0.375. The molecule has 0 aliphatic carbocycles. The van der Waals surface area contributed by atoms with Crippen LogP contribution in [0.15, 0.2) is 36.8 Å². The lowest BCUT2D eigenvalue weighted by Crippen LogP contribution is -2.21. The van der Waals surface area contributed by atoms with Crippen LogP contribution in [0, 0.1) is 0 Å². The van der Waals surface area contributed by atoms with E-state index >= 15 is 0 Å². The molecule has 2 aromatic heterocycles. The molecule has 2 heterocycles. The van der Waals surface area contributed by atoms with Crippen molar-refractivity contribution in [3.63, 3.8) is 0 Å². The van der Waals surface area contributed by atoms with Gasteiger partial charge in [-0.1, -0.05) is 25.1 Å². The van der Waals surface area contributed by atoms with Gasteiger partial charge in [-0.2, -0.15) is 5.10 Å². The van der Waals surface area contributed by atoms with Gasteiger partial charge in [-0.15, -0.1) is 0 Å². The minimum atomic E-state index is 0.207. The van der Waals surface area contributed by atoms with Crippen LogP contribution in [0.3, 0.4) is 0 Å². The van der Waals surface area contributed by atoms with Crippen LogP contribution >= 0.6 is 0 Å². The number of hydrogen-bond donors (Lipinski definition) is 1. The van der Waals surface area contributed by atoms with Gasteiger partial charge in [0.1, 0.15) is 12.2 Å². The summed E-state index contributed by atoms with van der Waals surface area (Å²) >= 11 is 0. The normalized spacial score (nSPS) is 12.9. The van der Waals surface area contributed by atoms with E-state index in [4.69, 9.17) is 5.73 Å². The molecule has 0 saturated carbocycles. The fourth-order valence-corrected chi connectivity index (χ4v) is 2.66. The molecule has 0 fully saturated rings. The van der Waals surface area contributed by atoms with Gasteiger partial charge in [0.15, 0.2) is 0 Å². The van der Waals surface area contributed by atoms with E-state index in [9.17, 15) is 0 Å². The molecule has 3 rings (SSSR count). The summed E-state index contributed by atoms with van der Waals surface area (Å²) in [6, 6.07) is 8.67. The molecule has 0 aliphatic heterocycles. The first-order valence-electron chi connectivity index (χ1n) is 7.34. The zero-order chi connectivity index (χ0) is 14.8. The predicted molar refractivity (Wildman–Crippen MR) is 84.0 cm³/mol. The fourth-order valence-electron chi connectivity index (χ4n) is 2.66. The summed E-state index contributed by atoms with van der Waals surface area (Å²) in [7, 11) is 1.92. The Labute approximate surface area is 124 Å². The first-order valence-corrected chi connectivity index (χ1v) is 7.34. The number of benzene rings is 1. The molecule has 2 N–H and O–H groups in total. The minimum absolute atomic E-state index is 0.207. The highest BCUT2D eigenvalue weighted by Gasteiger charge is 2.12. The van der Waals surface area contributed by atoms with E-state index in [1.807, 2.05) is 11.7 Å². The lowest BCUT2D eigenvalue weighted by molar-refractivity contribution is 0.641. The molecule has 5 nitrogen and oxygen atoms in total. The first kappa shape index (κ1) is 13.8. The van der Waals surface area contributed by atoms with Crippen molar-refractivity contribution in [2.45, 2.75) is 32.4 Å². The lowest BCUT2D eigenvalue weighted by atomic mass is 10.0. The van der Waals surface area contributed by atoms with Gasteiger partial charge in [0.25, 0.3) is 0 Å². The van der Waals surface area contributed by atoms with Crippen molar-refractivity contribution in [3.05, 3.63) is 48.2 Å². The van der Waals surface area contributed by atoms with E-state index in [1.165, 1.54) is 16.5 Å². The standard InChI is InChI=1S/C16H21N5/c1-3-13(17)8-12-9-21(10-16-18-11-19-20(16)2)15-7-5-4-6-14(12)15/h4-7,9,11,13H,3,8,10,17H2,1-2H3. The van der Waals surface area contributed by atoms with Gasteiger partial charge < -0.3 is 10.3 Å². The predicted octanol–water partition coefficient (Wildman–Crippen LogP) is 2.10. The third-order valence-electron chi connectivity index (χ3n) is 3.99. The van der Waals surface area contributed by atoms with Crippen molar-refractivity contribution < 1.29 is 0 Å². The number of nitrogens with two attached hydrogens (primary N) is 1. The molecule has 0 radical (unpaired) electrons. The van der Waals surface area contributed by atoms with E-state index in [0.29, 0.717) is 0 Å². The molecule has 1 unspecified atom stereocenters. The SMILES string of the molecule is CCC(N)Cc1cn(Cc2ncnn2C)c2ccccc12. The van der Waals surface area contributed by atoms with Crippen molar-refractivity contribution >= 4 is 10.9 Å². The molecule has 0 bridgehead atoms. The van der Waals surface area contributed by atoms with Crippen molar-refractivity contribution in [2.24, 2.45) is 12.8 Å². The zero-order valence-corrected chi connectivity index (χ0v) is 12.5. The van der Waals surface area contributed by atoms with Crippen molar-refractivity contribution in [1.29, 1.82) is 0 Å². The number of aryl methyl sites for hydroxylation is 1. The highest BCUT2D eigenvalue weighted by Crippen LogP contribution is 2.23. The number of rotatable bonds is 5. The third kappa shape index (κ3) is 2.69. The lowest BCUT2D eigenvalue weighted by Gasteiger charge is -2.06. The van der Waals surface area contributed by atoms with Crippen LogP contribution in [0.2, 0.25) is 0 Å². The number of nitrogens with zero attached hydrogens (tertiary/aromatic N) is 4. The van der Waals surface area contributed by atoms with Gasteiger partial charge >= 0.3 is 0 Å².